The number of aliphatic hydroxyl groups is 1. The fourth-order valence-corrected chi connectivity index (χ4v) is 2.32. The zero-order valence-electron chi connectivity index (χ0n) is 11.5. The van der Waals surface area contributed by atoms with E-state index in [4.69, 9.17) is 9.84 Å². The summed E-state index contributed by atoms with van der Waals surface area (Å²) < 4.78 is 5.13. The van der Waals surface area contributed by atoms with Gasteiger partial charge in [-0.3, -0.25) is 0 Å². The molecule has 1 aliphatic heterocycles. The SMILES string of the molecule is O=C(O)COc1ccccc1NC(=O)N1CCCC1CO. The third kappa shape index (κ3) is 3.85. The van der Waals surface area contributed by atoms with Gasteiger partial charge in [0, 0.05) is 6.54 Å². The van der Waals surface area contributed by atoms with Crippen LogP contribution >= 0.6 is 0 Å². The highest BCUT2D eigenvalue weighted by atomic mass is 16.5. The Bertz CT molecular complexity index is 520. The average molecular weight is 294 g/mol. The van der Waals surface area contributed by atoms with Gasteiger partial charge < -0.3 is 25.2 Å². The first-order valence-corrected chi connectivity index (χ1v) is 6.74. The van der Waals surface area contributed by atoms with E-state index in [0.29, 0.717) is 18.0 Å². The molecule has 1 heterocycles. The van der Waals surface area contributed by atoms with Gasteiger partial charge in [-0.15, -0.1) is 0 Å². The summed E-state index contributed by atoms with van der Waals surface area (Å²) in [6.07, 6.45) is 1.64. The van der Waals surface area contributed by atoms with E-state index in [1.165, 1.54) is 0 Å². The van der Waals surface area contributed by atoms with Gasteiger partial charge in [0.25, 0.3) is 0 Å². The van der Waals surface area contributed by atoms with Crippen molar-refractivity contribution in [2.45, 2.75) is 18.9 Å². The summed E-state index contributed by atoms with van der Waals surface area (Å²) in [5.74, 6) is -0.788. The molecule has 1 saturated heterocycles. The molecular formula is C14H18N2O5. The van der Waals surface area contributed by atoms with Crippen molar-refractivity contribution in [1.82, 2.24) is 4.90 Å². The Hall–Kier alpha value is -2.28. The van der Waals surface area contributed by atoms with Crippen LogP contribution in [0.25, 0.3) is 0 Å². The Morgan fingerprint density at radius 3 is 2.86 bits per heavy atom. The lowest BCUT2D eigenvalue weighted by molar-refractivity contribution is -0.139. The van der Waals surface area contributed by atoms with Crippen molar-refractivity contribution in [3.8, 4) is 5.75 Å². The van der Waals surface area contributed by atoms with Crippen LogP contribution in [0.1, 0.15) is 12.8 Å². The van der Waals surface area contributed by atoms with Crippen molar-refractivity contribution in [3.05, 3.63) is 24.3 Å². The fraction of sp³-hybridized carbons (Fsp3) is 0.429. The molecule has 2 rings (SSSR count). The molecule has 1 aromatic carbocycles. The van der Waals surface area contributed by atoms with Crippen LogP contribution in [-0.4, -0.2) is 52.9 Å². The van der Waals surface area contributed by atoms with Gasteiger partial charge >= 0.3 is 12.0 Å². The first-order valence-electron chi connectivity index (χ1n) is 6.74. The van der Waals surface area contributed by atoms with Gasteiger partial charge in [0.1, 0.15) is 5.75 Å². The minimum atomic E-state index is -1.09. The smallest absolute Gasteiger partial charge is 0.341 e. The highest BCUT2D eigenvalue weighted by molar-refractivity contribution is 5.91. The van der Waals surface area contributed by atoms with Gasteiger partial charge in [-0.1, -0.05) is 12.1 Å². The number of likely N-dealkylation sites (tertiary alicyclic amines) is 1. The van der Waals surface area contributed by atoms with E-state index in [1.54, 1.807) is 29.2 Å². The highest BCUT2D eigenvalue weighted by Crippen LogP contribution is 2.25. The predicted molar refractivity (Wildman–Crippen MR) is 75.4 cm³/mol. The number of amides is 2. The number of benzene rings is 1. The van der Waals surface area contributed by atoms with Crippen LogP contribution in [0.15, 0.2) is 24.3 Å². The Balaban J connectivity index is 2.05. The number of nitrogens with one attached hydrogen (secondary N) is 1. The van der Waals surface area contributed by atoms with Crippen LogP contribution in [0.3, 0.4) is 0 Å². The number of carbonyl (C=O) groups is 2. The standard InChI is InChI=1S/C14H18N2O5/c17-8-10-4-3-7-16(10)14(20)15-11-5-1-2-6-12(11)21-9-13(18)19/h1-2,5-6,10,17H,3-4,7-9H2,(H,15,20)(H,18,19). The van der Waals surface area contributed by atoms with Crippen molar-refractivity contribution in [2.75, 3.05) is 25.1 Å². The third-order valence-corrected chi connectivity index (χ3v) is 3.33. The quantitative estimate of drug-likeness (QED) is 0.756. The summed E-state index contributed by atoms with van der Waals surface area (Å²) >= 11 is 0. The van der Waals surface area contributed by atoms with Gasteiger partial charge in [0.05, 0.1) is 18.3 Å². The van der Waals surface area contributed by atoms with Crippen molar-refractivity contribution in [3.63, 3.8) is 0 Å². The molecular weight excluding hydrogens is 276 g/mol. The van der Waals surface area contributed by atoms with Crippen LogP contribution in [0, 0.1) is 0 Å². The molecule has 21 heavy (non-hydrogen) atoms. The number of carbonyl (C=O) groups excluding carboxylic acids is 1. The van der Waals surface area contributed by atoms with Crippen molar-refractivity contribution < 1.29 is 24.5 Å². The number of carboxylic acids is 1. The first-order chi connectivity index (χ1) is 10.1. The van der Waals surface area contributed by atoms with E-state index in [-0.39, 0.29) is 18.7 Å². The second kappa shape index (κ2) is 6.94. The van der Waals surface area contributed by atoms with Crippen LogP contribution in [0.4, 0.5) is 10.5 Å². The molecule has 0 aromatic heterocycles. The molecule has 0 radical (unpaired) electrons. The number of aliphatic hydroxyl groups excluding tert-OH is 1. The molecule has 0 bridgehead atoms. The highest BCUT2D eigenvalue weighted by Gasteiger charge is 2.28. The molecule has 1 aromatic rings. The van der Waals surface area contributed by atoms with Gasteiger partial charge in [0.15, 0.2) is 6.61 Å². The number of hydrogen-bond donors (Lipinski definition) is 3. The normalized spacial score (nSPS) is 17.6. The zero-order chi connectivity index (χ0) is 15.2. The summed E-state index contributed by atoms with van der Waals surface area (Å²) in [7, 11) is 0. The maximum atomic E-state index is 12.2. The second-order valence-corrected chi connectivity index (χ2v) is 4.78. The van der Waals surface area contributed by atoms with Crippen LogP contribution < -0.4 is 10.1 Å². The Morgan fingerprint density at radius 1 is 1.38 bits per heavy atom. The van der Waals surface area contributed by atoms with E-state index in [9.17, 15) is 14.7 Å². The third-order valence-electron chi connectivity index (χ3n) is 3.33. The summed E-state index contributed by atoms with van der Waals surface area (Å²) in [6, 6.07) is 6.15. The molecule has 7 heteroatoms. The summed E-state index contributed by atoms with van der Waals surface area (Å²) in [5, 5.41) is 20.6. The summed E-state index contributed by atoms with van der Waals surface area (Å²) in [4.78, 5) is 24.3. The first kappa shape index (κ1) is 15.1. The predicted octanol–water partition coefficient (Wildman–Crippen LogP) is 1.14. The van der Waals surface area contributed by atoms with Gasteiger partial charge in [-0.05, 0) is 25.0 Å². The van der Waals surface area contributed by atoms with Crippen LogP contribution in [0.2, 0.25) is 0 Å². The van der Waals surface area contributed by atoms with Gasteiger partial charge in [0.2, 0.25) is 0 Å². The number of urea groups is 1. The van der Waals surface area contributed by atoms with Gasteiger partial charge in [-0.25, -0.2) is 9.59 Å². The second-order valence-electron chi connectivity index (χ2n) is 4.78. The number of para-hydroxylation sites is 2. The largest absolute Gasteiger partial charge is 0.480 e. The minimum absolute atomic E-state index is 0.0649. The fourth-order valence-electron chi connectivity index (χ4n) is 2.32. The summed E-state index contributed by atoms with van der Waals surface area (Å²) in [5.41, 5.74) is 0.410. The lowest BCUT2D eigenvalue weighted by atomic mass is 10.2. The van der Waals surface area contributed by atoms with E-state index in [1.807, 2.05) is 0 Å². The maximum Gasteiger partial charge on any atom is 0.341 e. The molecule has 0 aliphatic carbocycles. The lowest BCUT2D eigenvalue weighted by Crippen LogP contribution is -2.40. The van der Waals surface area contributed by atoms with Crippen molar-refractivity contribution >= 4 is 17.7 Å². The van der Waals surface area contributed by atoms with Gasteiger partial charge in [-0.2, -0.15) is 0 Å². The molecule has 3 N–H and O–H groups in total. The number of carboxylic acid groups (broad SMARTS) is 1. The molecule has 2 amide bonds. The molecule has 1 aliphatic rings. The topological polar surface area (TPSA) is 99.1 Å². The Morgan fingerprint density at radius 2 is 2.14 bits per heavy atom. The number of aliphatic carboxylic acids is 1. The number of ether oxygens (including phenoxy) is 1. The number of rotatable bonds is 5. The Labute approximate surface area is 122 Å². The average Bonchev–Trinajstić information content (AvgIpc) is 2.94. The maximum absolute atomic E-state index is 12.2. The molecule has 0 spiro atoms. The molecule has 114 valence electrons. The summed E-state index contributed by atoms with van der Waals surface area (Å²) in [6.45, 7) is 0.0512. The zero-order valence-corrected chi connectivity index (χ0v) is 11.5. The monoisotopic (exact) mass is 294 g/mol. The Kier molecular flexibility index (Phi) is 4.99. The van der Waals surface area contributed by atoms with E-state index in [0.717, 1.165) is 12.8 Å². The van der Waals surface area contributed by atoms with Crippen LogP contribution in [0.5, 0.6) is 5.75 Å². The van der Waals surface area contributed by atoms with Crippen LogP contribution in [-0.2, 0) is 4.79 Å². The molecule has 7 nitrogen and oxygen atoms in total. The minimum Gasteiger partial charge on any atom is -0.480 e. The number of nitrogens with zero attached hydrogens (tertiary/aromatic N) is 1. The molecule has 1 unspecified atom stereocenters. The molecule has 1 fully saturated rings. The van der Waals surface area contributed by atoms with E-state index < -0.39 is 12.6 Å². The van der Waals surface area contributed by atoms with E-state index in [2.05, 4.69) is 5.32 Å². The van der Waals surface area contributed by atoms with Crippen molar-refractivity contribution in [2.24, 2.45) is 0 Å². The number of anilines is 1. The number of hydrogen-bond acceptors (Lipinski definition) is 4. The lowest BCUT2D eigenvalue weighted by Gasteiger charge is -2.23. The molecule has 0 saturated carbocycles. The van der Waals surface area contributed by atoms with E-state index >= 15 is 0 Å². The molecule has 1 atom stereocenters. The van der Waals surface area contributed by atoms with Crippen molar-refractivity contribution in [1.29, 1.82) is 0 Å².